The maximum atomic E-state index is 6.21. The van der Waals surface area contributed by atoms with Crippen LogP contribution in [-0.2, 0) is 0 Å². The van der Waals surface area contributed by atoms with Crippen LogP contribution in [0.25, 0.3) is 0 Å². The van der Waals surface area contributed by atoms with Gasteiger partial charge in [-0.2, -0.15) is 0 Å². The number of hydrogen-bond acceptors (Lipinski definition) is 2. The zero-order valence-corrected chi connectivity index (χ0v) is 8.45. The molecule has 1 saturated carbocycles. The van der Waals surface area contributed by atoms with Crippen molar-refractivity contribution >= 4 is 5.69 Å². The fourth-order valence-corrected chi connectivity index (χ4v) is 2.36. The standard InChI is InChI=1S/C12H18N2/c13-11-7-3-6-10(8-11)12(14)9-4-1-2-5-9/h3,6-9,12H,1-2,4-5,13-14H2/t12-/m1/s1. The summed E-state index contributed by atoms with van der Waals surface area (Å²) in [6.07, 6.45) is 5.22. The molecule has 0 amide bonds. The van der Waals surface area contributed by atoms with Crippen molar-refractivity contribution in [3.63, 3.8) is 0 Å². The number of rotatable bonds is 2. The van der Waals surface area contributed by atoms with Gasteiger partial charge in [0.1, 0.15) is 0 Å². The highest BCUT2D eigenvalue weighted by Crippen LogP contribution is 2.34. The van der Waals surface area contributed by atoms with Gasteiger partial charge in [-0.1, -0.05) is 25.0 Å². The van der Waals surface area contributed by atoms with Gasteiger partial charge in [0.15, 0.2) is 0 Å². The summed E-state index contributed by atoms with van der Waals surface area (Å²) in [5, 5.41) is 0. The Balaban J connectivity index is 2.13. The number of nitrogen functional groups attached to an aromatic ring is 1. The van der Waals surface area contributed by atoms with Crippen LogP contribution in [0.15, 0.2) is 24.3 Å². The summed E-state index contributed by atoms with van der Waals surface area (Å²) in [5.74, 6) is 0.664. The van der Waals surface area contributed by atoms with Gasteiger partial charge in [0.2, 0.25) is 0 Å². The van der Waals surface area contributed by atoms with Crippen LogP contribution in [0.2, 0.25) is 0 Å². The van der Waals surface area contributed by atoms with Crippen LogP contribution in [-0.4, -0.2) is 0 Å². The third-order valence-corrected chi connectivity index (χ3v) is 3.20. The average molecular weight is 190 g/mol. The summed E-state index contributed by atoms with van der Waals surface area (Å²) in [6, 6.07) is 8.16. The predicted octanol–water partition coefficient (Wildman–Crippen LogP) is 2.46. The molecular weight excluding hydrogens is 172 g/mol. The third kappa shape index (κ3) is 1.90. The molecule has 1 aromatic rings. The molecule has 1 fully saturated rings. The first-order valence-corrected chi connectivity index (χ1v) is 5.38. The first kappa shape index (κ1) is 9.53. The zero-order chi connectivity index (χ0) is 9.97. The van der Waals surface area contributed by atoms with Gasteiger partial charge in [-0.25, -0.2) is 0 Å². The van der Waals surface area contributed by atoms with Crippen molar-refractivity contribution in [2.45, 2.75) is 31.7 Å². The van der Waals surface area contributed by atoms with E-state index >= 15 is 0 Å². The predicted molar refractivity (Wildman–Crippen MR) is 59.7 cm³/mol. The number of benzene rings is 1. The van der Waals surface area contributed by atoms with E-state index < -0.39 is 0 Å². The van der Waals surface area contributed by atoms with E-state index in [1.54, 1.807) is 0 Å². The molecule has 2 rings (SSSR count). The minimum absolute atomic E-state index is 0.181. The lowest BCUT2D eigenvalue weighted by atomic mass is 9.92. The molecule has 0 saturated heterocycles. The van der Waals surface area contributed by atoms with Gasteiger partial charge in [0.25, 0.3) is 0 Å². The monoisotopic (exact) mass is 190 g/mol. The normalized spacial score (nSPS) is 19.8. The van der Waals surface area contributed by atoms with Gasteiger partial charge in [0.05, 0.1) is 0 Å². The third-order valence-electron chi connectivity index (χ3n) is 3.20. The van der Waals surface area contributed by atoms with Crippen LogP contribution in [0.1, 0.15) is 37.3 Å². The molecule has 0 radical (unpaired) electrons. The maximum absolute atomic E-state index is 6.21. The van der Waals surface area contributed by atoms with Gasteiger partial charge >= 0.3 is 0 Å². The highest BCUT2D eigenvalue weighted by atomic mass is 14.7. The molecule has 0 aliphatic heterocycles. The lowest BCUT2D eigenvalue weighted by molar-refractivity contribution is 0.445. The van der Waals surface area contributed by atoms with Crippen molar-refractivity contribution in [2.75, 3.05) is 5.73 Å². The van der Waals surface area contributed by atoms with Crippen LogP contribution >= 0.6 is 0 Å². The van der Waals surface area contributed by atoms with Crippen molar-refractivity contribution in [1.29, 1.82) is 0 Å². The minimum Gasteiger partial charge on any atom is -0.399 e. The van der Waals surface area contributed by atoms with Crippen LogP contribution in [0.3, 0.4) is 0 Å². The average Bonchev–Trinajstić information content (AvgIpc) is 2.69. The maximum Gasteiger partial charge on any atom is 0.0324 e. The highest BCUT2D eigenvalue weighted by Gasteiger charge is 2.22. The van der Waals surface area contributed by atoms with Gasteiger partial charge in [-0.05, 0) is 36.5 Å². The molecule has 76 valence electrons. The van der Waals surface area contributed by atoms with E-state index in [0.29, 0.717) is 5.92 Å². The van der Waals surface area contributed by atoms with Crippen LogP contribution < -0.4 is 11.5 Å². The summed E-state index contributed by atoms with van der Waals surface area (Å²) in [5.41, 5.74) is 14.0. The Kier molecular flexibility index (Phi) is 2.73. The first-order chi connectivity index (χ1) is 6.77. The SMILES string of the molecule is Nc1cccc([C@H](N)C2CCCC2)c1. The van der Waals surface area contributed by atoms with E-state index in [1.807, 2.05) is 18.2 Å². The molecule has 1 atom stereocenters. The summed E-state index contributed by atoms with van der Waals surface area (Å²) in [4.78, 5) is 0. The first-order valence-electron chi connectivity index (χ1n) is 5.38. The molecule has 0 aromatic heterocycles. The Hall–Kier alpha value is -1.02. The van der Waals surface area contributed by atoms with E-state index in [2.05, 4.69) is 6.07 Å². The topological polar surface area (TPSA) is 52.0 Å². The second-order valence-corrected chi connectivity index (χ2v) is 4.24. The van der Waals surface area contributed by atoms with E-state index in [4.69, 9.17) is 11.5 Å². The smallest absolute Gasteiger partial charge is 0.0324 e. The largest absolute Gasteiger partial charge is 0.399 e. The quantitative estimate of drug-likeness (QED) is 0.704. The van der Waals surface area contributed by atoms with Crippen LogP contribution in [0.5, 0.6) is 0 Å². The number of anilines is 1. The second kappa shape index (κ2) is 4.01. The summed E-state index contributed by atoms with van der Waals surface area (Å²) in [7, 11) is 0. The van der Waals surface area contributed by atoms with Crippen molar-refractivity contribution in [1.82, 2.24) is 0 Å². The summed E-state index contributed by atoms with van der Waals surface area (Å²) >= 11 is 0. The molecule has 4 N–H and O–H groups in total. The van der Waals surface area contributed by atoms with Gasteiger partial charge in [0, 0.05) is 11.7 Å². The minimum atomic E-state index is 0.181. The molecule has 0 unspecified atom stereocenters. The molecule has 2 heteroatoms. The Morgan fingerprint density at radius 3 is 2.57 bits per heavy atom. The molecule has 1 aromatic carbocycles. The lowest BCUT2D eigenvalue weighted by Crippen LogP contribution is -2.19. The van der Waals surface area contributed by atoms with Crippen LogP contribution in [0.4, 0.5) is 5.69 Å². The van der Waals surface area contributed by atoms with E-state index in [9.17, 15) is 0 Å². The van der Waals surface area contributed by atoms with Gasteiger partial charge in [-0.15, -0.1) is 0 Å². The molecule has 1 aliphatic rings. The number of nitrogens with two attached hydrogens (primary N) is 2. The fraction of sp³-hybridized carbons (Fsp3) is 0.500. The second-order valence-electron chi connectivity index (χ2n) is 4.24. The lowest BCUT2D eigenvalue weighted by Gasteiger charge is -2.19. The van der Waals surface area contributed by atoms with E-state index in [-0.39, 0.29) is 6.04 Å². The van der Waals surface area contributed by atoms with Crippen molar-refractivity contribution < 1.29 is 0 Å². The molecule has 14 heavy (non-hydrogen) atoms. The van der Waals surface area contributed by atoms with Crippen molar-refractivity contribution in [2.24, 2.45) is 11.7 Å². The Morgan fingerprint density at radius 2 is 1.93 bits per heavy atom. The molecule has 0 bridgehead atoms. The molecule has 2 nitrogen and oxygen atoms in total. The molecule has 0 heterocycles. The van der Waals surface area contributed by atoms with Gasteiger partial charge in [-0.3, -0.25) is 0 Å². The van der Waals surface area contributed by atoms with E-state index in [1.165, 1.54) is 31.2 Å². The Morgan fingerprint density at radius 1 is 1.21 bits per heavy atom. The van der Waals surface area contributed by atoms with Crippen molar-refractivity contribution in [3.8, 4) is 0 Å². The fourth-order valence-electron chi connectivity index (χ4n) is 2.36. The Labute approximate surface area is 85.3 Å². The van der Waals surface area contributed by atoms with E-state index in [0.717, 1.165) is 5.69 Å². The summed E-state index contributed by atoms with van der Waals surface area (Å²) in [6.45, 7) is 0. The van der Waals surface area contributed by atoms with Gasteiger partial charge < -0.3 is 11.5 Å². The highest BCUT2D eigenvalue weighted by molar-refractivity contribution is 5.41. The van der Waals surface area contributed by atoms with Crippen molar-refractivity contribution in [3.05, 3.63) is 29.8 Å². The summed E-state index contributed by atoms with van der Waals surface area (Å²) < 4.78 is 0. The number of hydrogen-bond donors (Lipinski definition) is 2. The molecular formula is C12H18N2. The Bertz CT molecular complexity index is 303. The van der Waals surface area contributed by atoms with Crippen LogP contribution in [0, 0.1) is 5.92 Å². The molecule has 1 aliphatic carbocycles. The zero-order valence-electron chi connectivity index (χ0n) is 8.45. The molecule has 0 spiro atoms.